The van der Waals surface area contributed by atoms with Gasteiger partial charge in [-0.2, -0.15) is 0 Å². The summed E-state index contributed by atoms with van der Waals surface area (Å²) < 4.78 is 0. The fourth-order valence-electron chi connectivity index (χ4n) is 1.72. The van der Waals surface area contributed by atoms with Gasteiger partial charge in [0.15, 0.2) is 0 Å². The van der Waals surface area contributed by atoms with Gasteiger partial charge in [-0.15, -0.1) is 11.3 Å². The van der Waals surface area contributed by atoms with Crippen LogP contribution in [0.3, 0.4) is 0 Å². The zero-order chi connectivity index (χ0) is 11.1. The molecule has 0 bridgehead atoms. The maximum Gasteiger partial charge on any atom is 0.0380 e. The number of hydrogen-bond donors (Lipinski definition) is 0. The normalized spacial score (nSPS) is 10.9. The summed E-state index contributed by atoms with van der Waals surface area (Å²) in [5.41, 5.74) is 3.08. The summed E-state index contributed by atoms with van der Waals surface area (Å²) in [6, 6.07) is 0. The van der Waals surface area contributed by atoms with E-state index in [0.717, 1.165) is 10.7 Å². The lowest BCUT2D eigenvalue weighted by atomic mass is 10.0. The SMILES string of the molecule is CCCCCCc1c(CBr)csc1CBr. The maximum absolute atomic E-state index is 3.57. The van der Waals surface area contributed by atoms with Crippen LogP contribution in [0.1, 0.15) is 48.6 Å². The van der Waals surface area contributed by atoms with Crippen molar-refractivity contribution in [1.29, 1.82) is 0 Å². The zero-order valence-electron chi connectivity index (χ0n) is 9.19. The highest BCUT2D eigenvalue weighted by Crippen LogP contribution is 2.28. The van der Waals surface area contributed by atoms with Crippen molar-refractivity contribution >= 4 is 43.2 Å². The second kappa shape index (κ2) is 7.86. The van der Waals surface area contributed by atoms with Crippen LogP contribution in [0, 0.1) is 0 Å². The molecule has 3 heteroatoms. The minimum atomic E-state index is 1.000. The minimum absolute atomic E-state index is 1.000. The molecule has 1 rings (SSSR count). The van der Waals surface area contributed by atoms with E-state index in [1.165, 1.54) is 42.5 Å². The molecule has 1 aromatic heterocycles. The Morgan fingerprint density at radius 2 is 1.93 bits per heavy atom. The number of thiophene rings is 1. The second-order valence-electron chi connectivity index (χ2n) is 3.74. The first-order chi connectivity index (χ1) is 7.33. The van der Waals surface area contributed by atoms with Gasteiger partial charge < -0.3 is 0 Å². The van der Waals surface area contributed by atoms with E-state index in [0.29, 0.717) is 0 Å². The average molecular weight is 354 g/mol. The molecule has 0 fully saturated rings. The number of halogens is 2. The van der Waals surface area contributed by atoms with E-state index in [4.69, 9.17) is 0 Å². The summed E-state index contributed by atoms with van der Waals surface area (Å²) >= 11 is 9.02. The first-order valence-corrected chi connectivity index (χ1v) is 8.65. The number of hydrogen-bond acceptors (Lipinski definition) is 1. The second-order valence-corrected chi connectivity index (χ2v) is 5.83. The van der Waals surface area contributed by atoms with Crippen molar-refractivity contribution < 1.29 is 0 Å². The lowest BCUT2D eigenvalue weighted by molar-refractivity contribution is 0.665. The van der Waals surface area contributed by atoms with Crippen molar-refractivity contribution in [3.8, 4) is 0 Å². The largest absolute Gasteiger partial charge is 0.147 e. The smallest absolute Gasteiger partial charge is 0.0380 e. The molecule has 1 heterocycles. The predicted molar refractivity (Wildman–Crippen MR) is 77.4 cm³/mol. The third-order valence-electron chi connectivity index (χ3n) is 2.61. The van der Waals surface area contributed by atoms with Crippen molar-refractivity contribution in [3.63, 3.8) is 0 Å². The third kappa shape index (κ3) is 4.20. The maximum atomic E-state index is 3.57. The molecule has 1 aromatic rings. The van der Waals surface area contributed by atoms with Gasteiger partial charge >= 0.3 is 0 Å². The van der Waals surface area contributed by atoms with Gasteiger partial charge in [-0.3, -0.25) is 0 Å². The van der Waals surface area contributed by atoms with E-state index in [-0.39, 0.29) is 0 Å². The van der Waals surface area contributed by atoms with Crippen LogP contribution in [0.5, 0.6) is 0 Å². The van der Waals surface area contributed by atoms with E-state index in [1.54, 1.807) is 5.56 Å². The van der Waals surface area contributed by atoms with Crippen LogP contribution in [0.2, 0.25) is 0 Å². The van der Waals surface area contributed by atoms with E-state index < -0.39 is 0 Å². The van der Waals surface area contributed by atoms with Gasteiger partial charge in [-0.1, -0.05) is 58.0 Å². The van der Waals surface area contributed by atoms with Gasteiger partial charge in [0.05, 0.1) is 0 Å². The molecule has 0 radical (unpaired) electrons. The highest BCUT2D eigenvalue weighted by molar-refractivity contribution is 9.08. The Balaban J connectivity index is 2.53. The standard InChI is InChI=1S/C12H18Br2S/c1-2-3-4-5-6-11-10(7-13)9-15-12(11)8-14/h9H,2-8H2,1H3. The van der Waals surface area contributed by atoms with Crippen molar-refractivity contribution in [2.45, 2.75) is 49.7 Å². The molecular weight excluding hydrogens is 336 g/mol. The molecule has 0 aliphatic rings. The molecule has 0 aliphatic heterocycles. The summed E-state index contributed by atoms with van der Waals surface area (Å²) in [6.07, 6.45) is 6.66. The molecule has 0 nitrogen and oxygen atoms in total. The van der Waals surface area contributed by atoms with Crippen molar-refractivity contribution in [1.82, 2.24) is 0 Å². The van der Waals surface area contributed by atoms with E-state index >= 15 is 0 Å². The van der Waals surface area contributed by atoms with E-state index in [9.17, 15) is 0 Å². The Morgan fingerprint density at radius 3 is 2.53 bits per heavy atom. The Bertz CT molecular complexity index is 260. The predicted octanol–water partition coefficient (Wildman–Crippen LogP) is 5.66. The highest BCUT2D eigenvalue weighted by Gasteiger charge is 2.09. The van der Waals surface area contributed by atoms with Crippen LogP contribution >= 0.6 is 43.2 Å². The van der Waals surface area contributed by atoms with Gasteiger partial charge in [0, 0.05) is 15.5 Å². The van der Waals surface area contributed by atoms with Crippen LogP contribution in [0.4, 0.5) is 0 Å². The molecular formula is C12H18Br2S. The molecule has 0 aliphatic carbocycles. The average Bonchev–Trinajstić information content (AvgIpc) is 2.66. The molecule has 0 saturated carbocycles. The molecule has 0 spiro atoms. The molecule has 15 heavy (non-hydrogen) atoms. The van der Waals surface area contributed by atoms with Crippen molar-refractivity contribution in [2.24, 2.45) is 0 Å². The van der Waals surface area contributed by atoms with E-state index in [2.05, 4.69) is 44.2 Å². The Hall–Kier alpha value is 0.660. The molecule has 0 N–H and O–H groups in total. The van der Waals surface area contributed by atoms with Crippen LogP contribution in [-0.2, 0) is 17.1 Å². The highest BCUT2D eigenvalue weighted by atomic mass is 79.9. The molecule has 0 aromatic carbocycles. The van der Waals surface area contributed by atoms with Gasteiger partial charge in [0.25, 0.3) is 0 Å². The Morgan fingerprint density at radius 1 is 1.13 bits per heavy atom. The monoisotopic (exact) mass is 352 g/mol. The summed E-state index contributed by atoms with van der Waals surface area (Å²) in [6.45, 7) is 2.26. The van der Waals surface area contributed by atoms with Gasteiger partial charge in [-0.05, 0) is 29.3 Å². The topological polar surface area (TPSA) is 0 Å². The molecule has 0 amide bonds. The fraction of sp³-hybridized carbons (Fsp3) is 0.667. The van der Waals surface area contributed by atoms with Crippen LogP contribution in [0.15, 0.2) is 5.38 Å². The van der Waals surface area contributed by atoms with Crippen LogP contribution in [-0.4, -0.2) is 0 Å². The summed E-state index contributed by atoms with van der Waals surface area (Å²) in [5, 5.41) is 4.30. The number of unbranched alkanes of at least 4 members (excludes halogenated alkanes) is 3. The zero-order valence-corrected chi connectivity index (χ0v) is 13.2. The molecule has 86 valence electrons. The molecule has 0 saturated heterocycles. The minimum Gasteiger partial charge on any atom is -0.147 e. The van der Waals surface area contributed by atoms with E-state index in [1.807, 2.05) is 11.3 Å². The lowest BCUT2D eigenvalue weighted by Crippen LogP contribution is -1.91. The first-order valence-electron chi connectivity index (χ1n) is 5.53. The van der Waals surface area contributed by atoms with Crippen molar-refractivity contribution in [3.05, 3.63) is 21.4 Å². The fourth-order valence-corrected chi connectivity index (χ4v) is 4.11. The van der Waals surface area contributed by atoms with Gasteiger partial charge in [0.1, 0.15) is 0 Å². The first kappa shape index (κ1) is 13.7. The van der Waals surface area contributed by atoms with Gasteiger partial charge in [0.2, 0.25) is 0 Å². The molecule has 0 atom stereocenters. The Labute approximate surface area is 114 Å². The quantitative estimate of drug-likeness (QED) is 0.438. The van der Waals surface area contributed by atoms with Gasteiger partial charge in [-0.25, -0.2) is 0 Å². The number of alkyl halides is 2. The third-order valence-corrected chi connectivity index (χ3v) is 5.23. The van der Waals surface area contributed by atoms with Crippen LogP contribution in [0.25, 0.3) is 0 Å². The summed E-state index contributed by atoms with van der Waals surface area (Å²) in [5.74, 6) is 0. The summed E-state index contributed by atoms with van der Waals surface area (Å²) in [7, 11) is 0. The lowest BCUT2D eigenvalue weighted by Gasteiger charge is -2.04. The van der Waals surface area contributed by atoms with Crippen LogP contribution < -0.4 is 0 Å². The van der Waals surface area contributed by atoms with Crippen molar-refractivity contribution in [2.75, 3.05) is 0 Å². The number of rotatable bonds is 7. The molecule has 0 unspecified atom stereocenters. The summed E-state index contributed by atoms with van der Waals surface area (Å²) in [4.78, 5) is 1.51. The Kier molecular flexibility index (Phi) is 7.19.